The molecule has 0 unspecified atom stereocenters. The van der Waals surface area contributed by atoms with Crippen molar-refractivity contribution in [1.82, 2.24) is 20.3 Å². The number of hydrogen-bond donors (Lipinski definition) is 2. The van der Waals surface area contributed by atoms with Crippen molar-refractivity contribution in [3.63, 3.8) is 0 Å². The van der Waals surface area contributed by atoms with Gasteiger partial charge in [-0.2, -0.15) is 0 Å². The molecule has 12 heteroatoms. The molecule has 0 saturated carbocycles. The molecule has 0 radical (unpaired) electrons. The van der Waals surface area contributed by atoms with Crippen molar-refractivity contribution in [2.45, 2.75) is 20.1 Å². The van der Waals surface area contributed by atoms with Gasteiger partial charge in [0.15, 0.2) is 0 Å². The Hall–Kier alpha value is -5.19. The van der Waals surface area contributed by atoms with Crippen LogP contribution in [0.5, 0.6) is 5.75 Å². The number of ether oxygens (including phenoxy) is 1. The summed E-state index contributed by atoms with van der Waals surface area (Å²) >= 11 is 13.3. The van der Waals surface area contributed by atoms with E-state index in [2.05, 4.69) is 20.6 Å². The average Bonchev–Trinajstić information content (AvgIpc) is 3.09. The average molecular weight is 685 g/mol. The molecular weight excluding hydrogens is 649 g/mol. The fraction of sp³-hybridized carbons (Fsp3) is 0.194. The van der Waals surface area contributed by atoms with Crippen LogP contribution in [0.25, 0.3) is 17.0 Å². The van der Waals surface area contributed by atoms with E-state index in [0.717, 1.165) is 33.4 Å². The SMILES string of the molecule is Cc1cc(N(C)C)c2cccc(OCc3c(Cl)ccc(N(C)C(=O)CNC(=O)/C=C/c4ccc(NCc5ccncc5)nc4)c3Cl)c2n1. The molecule has 0 aliphatic carbocycles. The van der Waals surface area contributed by atoms with Crippen molar-refractivity contribution in [3.8, 4) is 5.75 Å². The van der Waals surface area contributed by atoms with Crippen LogP contribution in [0.4, 0.5) is 17.2 Å². The van der Waals surface area contributed by atoms with Crippen LogP contribution >= 0.6 is 23.2 Å². The molecule has 10 nitrogen and oxygen atoms in total. The Morgan fingerprint density at radius 1 is 0.979 bits per heavy atom. The number of rotatable bonds is 12. The van der Waals surface area contributed by atoms with Gasteiger partial charge < -0.3 is 25.2 Å². The molecule has 3 aromatic heterocycles. The minimum absolute atomic E-state index is 0.0533. The quantitative estimate of drug-likeness (QED) is 0.140. The predicted octanol–water partition coefficient (Wildman–Crippen LogP) is 6.69. The van der Waals surface area contributed by atoms with Crippen LogP contribution in [0.3, 0.4) is 0 Å². The topological polar surface area (TPSA) is 113 Å². The summed E-state index contributed by atoms with van der Waals surface area (Å²) in [6.07, 6.45) is 8.10. The van der Waals surface area contributed by atoms with Crippen LogP contribution in [0.1, 0.15) is 22.4 Å². The summed E-state index contributed by atoms with van der Waals surface area (Å²) in [5, 5.41) is 7.48. The van der Waals surface area contributed by atoms with E-state index in [1.807, 2.05) is 74.4 Å². The van der Waals surface area contributed by atoms with Crippen LogP contribution in [0.2, 0.25) is 10.0 Å². The molecule has 0 atom stereocenters. The van der Waals surface area contributed by atoms with Crippen LogP contribution in [0.15, 0.2) is 85.3 Å². The second kappa shape index (κ2) is 15.6. The molecular formula is C36H35Cl2N7O3. The number of pyridine rings is 3. The summed E-state index contributed by atoms with van der Waals surface area (Å²) in [6, 6.07) is 18.6. The normalized spacial score (nSPS) is 11.0. The highest BCUT2D eigenvalue weighted by atomic mass is 35.5. The van der Waals surface area contributed by atoms with E-state index < -0.39 is 5.91 Å². The van der Waals surface area contributed by atoms with Crippen LogP contribution in [-0.2, 0) is 22.7 Å². The maximum atomic E-state index is 13.0. The van der Waals surface area contributed by atoms with Crippen molar-refractivity contribution in [2.24, 2.45) is 0 Å². The number of hydrogen-bond acceptors (Lipinski definition) is 8. The molecule has 2 amide bonds. The summed E-state index contributed by atoms with van der Waals surface area (Å²) in [5.41, 5.74) is 5.39. The summed E-state index contributed by atoms with van der Waals surface area (Å²) in [6.45, 7) is 2.37. The number of likely N-dealkylation sites (N-methyl/N-ethyl adjacent to an activating group) is 1. The summed E-state index contributed by atoms with van der Waals surface area (Å²) in [4.78, 5) is 42.0. The molecule has 0 fully saturated rings. The van der Waals surface area contributed by atoms with Gasteiger partial charge in [-0.15, -0.1) is 0 Å². The van der Waals surface area contributed by atoms with Crippen LogP contribution < -0.4 is 25.2 Å². The molecule has 48 heavy (non-hydrogen) atoms. The number of amides is 2. The van der Waals surface area contributed by atoms with Gasteiger partial charge in [0.2, 0.25) is 11.8 Å². The van der Waals surface area contributed by atoms with Crippen molar-refractivity contribution in [3.05, 3.63) is 118 Å². The fourth-order valence-electron chi connectivity index (χ4n) is 4.89. The first-order chi connectivity index (χ1) is 23.1. The fourth-order valence-corrected chi connectivity index (χ4v) is 5.50. The maximum absolute atomic E-state index is 13.0. The Kier molecular flexibility index (Phi) is 11.1. The molecule has 0 aliphatic heterocycles. The van der Waals surface area contributed by atoms with Gasteiger partial charge in [0.25, 0.3) is 0 Å². The number of fused-ring (bicyclic) bond motifs is 1. The number of nitrogens with zero attached hydrogens (tertiary/aromatic N) is 5. The lowest BCUT2D eigenvalue weighted by Gasteiger charge is -2.21. The lowest BCUT2D eigenvalue weighted by atomic mass is 10.1. The highest BCUT2D eigenvalue weighted by Gasteiger charge is 2.20. The predicted molar refractivity (Wildman–Crippen MR) is 193 cm³/mol. The molecule has 246 valence electrons. The Morgan fingerprint density at radius 2 is 1.77 bits per heavy atom. The number of benzene rings is 2. The third-order valence-corrected chi connectivity index (χ3v) is 8.29. The minimum atomic E-state index is -0.427. The first-order valence-electron chi connectivity index (χ1n) is 15.1. The third kappa shape index (κ3) is 8.39. The first-order valence-corrected chi connectivity index (χ1v) is 15.8. The van der Waals surface area contributed by atoms with E-state index in [1.165, 1.54) is 11.0 Å². The monoisotopic (exact) mass is 683 g/mol. The number of carbonyl (C=O) groups is 2. The van der Waals surface area contributed by atoms with E-state index in [1.54, 1.807) is 43.8 Å². The van der Waals surface area contributed by atoms with Gasteiger partial charge in [0.1, 0.15) is 23.7 Å². The number of anilines is 3. The van der Waals surface area contributed by atoms with Gasteiger partial charge in [-0.1, -0.05) is 35.3 Å². The standard InChI is InChI=1S/C36H35Cl2N7O3/c1-23-18-30(44(2)3)26-6-5-7-31(36(26)43-23)48-22-27-28(37)10-11-29(35(27)38)45(4)34(47)21-42-33(46)13-9-24-8-12-32(40-19-24)41-20-25-14-16-39-17-15-25/h5-19H,20-22H2,1-4H3,(H,40,41)(H,42,46)/b13-9+. The third-order valence-electron chi connectivity index (χ3n) is 7.51. The highest BCUT2D eigenvalue weighted by molar-refractivity contribution is 6.38. The molecule has 0 aliphatic rings. The summed E-state index contributed by atoms with van der Waals surface area (Å²) in [7, 11) is 5.55. The Labute approximate surface area is 289 Å². The molecule has 0 saturated heterocycles. The molecule has 3 heterocycles. The van der Waals surface area contributed by atoms with Gasteiger partial charge in [0, 0.05) is 79.7 Å². The second-order valence-electron chi connectivity index (χ2n) is 11.2. The van der Waals surface area contributed by atoms with Gasteiger partial charge in [0.05, 0.1) is 17.3 Å². The molecule has 2 N–H and O–H groups in total. The van der Waals surface area contributed by atoms with E-state index in [4.69, 9.17) is 32.9 Å². The largest absolute Gasteiger partial charge is 0.487 e. The zero-order valence-corrected chi connectivity index (χ0v) is 28.5. The highest BCUT2D eigenvalue weighted by Crippen LogP contribution is 2.36. The molecule has 0 spiro atoms. The van der Waals surface area contributed by atoms with Gasteiger partial charge >= 0.3 is 0 Å². The first kappa shape index (κ1) is 34.2. The number of para-hydroxylation sites is 1. The molecule has 2 aromatic carbocycles. The van der Waals surface area contributed by atoms with E-state index in [-0.39, 0.29) is 24.1 Å². The van der Waals surface area contributed by atoms with E-state index in [9.17, 15) is 9.59 Å². The number of halogens is 2. The lowest BCUT2D eigenvalue weighted by molar-refractivity contribution is -0.122. The van der Waals surface area contributed by atoms with Gasteiger partial charge in [-0.25, -0.2) is 9.97 Å². The van der Waals surface area contributed by atoms with Crippen molar-refractivity contribution in [1.29, 1.82) is 0 Å². The van der Waals surface area contributed by atoms with Gasteiger partial charge in [-0.3, -0.25) is 14.6 Å². The Balaban J connectivity index is 1.18. The number of nitrogens with one attached hydrogen (secondary N) is 2. The number of aryl methyl sites for hydroxylation is 1. The zero-order valence-electron chi connectivity index (χ0n) is 27.0. The van der Waals surface area contributed by atoms with Crippen LogP contribution in [-0.4, -0.2) is 54.5 Å². The van der Waals surface area contributed by atoms with Crippen molar-refractivity contribution in [2.75, 3.05) is 42.8 Å². The van der Waals surface area contributed by atoms with Crippen molar-refractivity contribution >= 4 is 69.2 Å². The number of carbonyl (C=O) groups excluding carboxylic acids is 2. The summed E-state index contributed by atoms with van der Waals surface area (Å²) in [5.74, 6) is 0.492. The van der Waals surface area contributed by atoms with Crippen LogP contribution in [0, 0.1) is 6.92 Å². The van der Waals surface area contributed by atoms with Gasteiger partial charge in [-0.05, 0) is 72.7 Å². The smallest absolute Gasteiger partial charge is 0.246 e. The van der Waals surface area contributed by atoms with Crippen molar-refractivity contribution < 1.29 is 14.3 Å². The Bertz CT molecular complexity index is 1950. The molecule has 5 aromatic rings. The molecule has 0 bridgehead atoms. The maximum Gasteiger partial charge on any atom is 0.246 e. The minimum Gasteiger partial charge on any atom is -0.487 e. The van der Waals surface area contributed by atoms with E-state index in [0.29, 0.717) is 34.4 Å². The molecule has 5 rings (SSSR count). The Morgan fingerprint density at radius 3 is 2.50 bits per heavy atom. The lowest BCUT2D eigenvalue weighted by Crippen LogP contribution is -2.37. The second-order valence-corrected chi connectivity index (χ2v) is 12.0. The summed E-state index contributed by atoms with van der Waals surface area (Å²) < 4.78 is 6.20. The number of aromatic nitrogens is 3. The van der Waals surface area contributed by atoms with E-state index >= 15 is 0 Å². The zero-order chi connectivity index (χ0) is 34.2.